The number of hydrogen-bond donors (Lipinski definition) is 0. The van der Waals surface area contributed by atoms with E-state index in [2.05, 4.69) is 157 Å². The normalized spacial score (nSPS) is 12.9. The summed E-state index contributed by atoms with van der Waals surface area (Å²) in [5.41, 5.74) is 15.5. The molecule has 2 aromatic heterocycles. The van der Waals surface area contributed by atoms with Crippen LogP contribution in [0.1, 0.15) is 22.3 Å². The zero-order chi connectivity index (χ0) is 37.1. The third kappa shape index (κ3) is 4.89. The molecule has 0 fully saturated rings. The third-order valence-electron chi connectivity index (χ3n) is 11.3. The van der Waals surface area contributed by atoms with Gasteiger partial charge in [0.2, 0.25) is 0 Å². The first-order valence-corrected chi connectivity index (χ1v) is 18.9. The van der Waals surface area contributed by atoms with Crippen LogP contribution in [0.3, 0.4) is 0 Å². The van der Waals surface area contributed by atoms with Crippen molar-refractivity contribution in [2.24, 2.45) is 0 Å². The molecule has 2 aliphatic rings. The minimum atomic E-state index is -0.607. The molecule has 0 amide bonds. The number of rotatable bonds is 5. The zero-order valence-corrected chi connectivity index (χ0v) is 30.3. The lowest BCUT2D eigenvalue weighted by Crippen LogP contribution is -2.32. The molecule has 0 bridgehead atoms. The molecule has 11 rings (SSSR count). The van der Waals surface area contributed by atoms with Crippen LogP contribution in [-0.2, 0) is 5.41 Å². The molecule has 4 heteroatoms. The number of nitrogens with zero attached hydrogens (tertiary/aromatic N) is 3. The van der Waals surface area contributed by atoms with Gasteiger partial charge >= 0.3 is 0 Å². The Morgan fingerprint density at radius 3 is 1.38 bits per heavy atom. The van der Waals surface area contributed by atoms with E-state index in [1.54, 1.807) is 0 Å². The smallest absolute Gasteiger partial charge is 0.160 e. The molecule has 262 valence electrons. The van der Waals surface area contributed by atoms with E-state index in [0.29, 0.717) is 5.82 Å². The van der Waals surface area contributed by atoms with Gasteiger partial charge < -0.3 is 4.74 Å². The molecule has 56 heavy (non-hydrogen) atoms. The average Bonchev–Trinajstić information content (AvgIpc) is 3.57. The first kappa shape index (κ1) is 32.0. The number of hydrogen-bond acceptors (Lipinski definition) is 4. The van der Waals surface area contributed by atoms with Crippen LogP contribution in [0.15, 0.2) is 200 Å². The molecule has 4 nitrogen and oxygen atoms in total. The van der Waals surface area contributed by atoms with Gasteiger partial charge in [-0.3, -0.25) is 4.98 Å². The third-order valence-corrected chi connectivity index (χ3v) is 11.3. The number of fused-ring (bicyclic) bond motifs is 9. The Morgan fingerprint density at radius 1 is 0.339 bits per heavy atom. The van der Waals surface area contributed by atoms with E-state index in [-0.39, 0.29) is 0 Å². The largest absolute Gasteiger partial charge is 0.455 e. The fourth-order valence-electron chi connectivity index (χ4n) is 8.85. The molecular formula is C52H33N3O. The summed E-state index contributed by atoms with van der Waals surface area (Å²) in [5.74, 6) is 2.36. The Bertz CT molecular complexity index is 2840. The molecule has 0 saturated carbocycles. The van der Waals surface area contributed by atoms with E-state index in [1.165, 1.54) is 22.3 Å². The topological polar surface area (TPSA) is 47.9 Å². The lowest BCUT2D eigenvalue weighted by molar-refractivity contribution is 0.440. The van der Waals surface area contributed by atoms with E-state index in [1.807, 2.05) is 48.8 Å². The molecule has 3 heterocycles. The van der Waals surface area contributed by atoms with Crippen LogP contribution >= 0.6 is 0 Å². The van der Waals surface area contributed by atoms with E-state index in [4.69, 9.17) is 14.7 Å². The highest BCUT2D eigenvalue weighted by molar-refractivity contribution is 5.92. The molecule has 0 unspecified atom stereocenters. The summed E-state index contributed by atoms with van der Waals surface area (Å²) in [4.78, 5) is 14.6. The van der Waals surface area contributed by atoms with Crippen molar-refractivity contribution >= 4 is 0 Å². The standard InChI is InChI=1S/C52H33N3O/c1-3-14-35(15-4-1)47-33-48(36-16-5-2-6-17-36)55-51(54-47)38-19-11-18-37(32-38)40-23-13-27-46-50(40)56-49-39(34-28-30-53-31-29-34)22-12-26-45(49)52(46)43-24-9-7-20-41(43)42-21-8-10-25-44(42)52/h1-33H. The lowest BCUT2D eigenvalue weighted by Gasteiger charge is -2.40. The van der Waals surface area contributed by atoms with Crippen molar-refractivity contribution in [3.8, 4) is 78.8 Å². The van der Waals surface area contributed by atoms with Crippen LogP contribution in [0.2, 0.25) is 0 Å². The minimum Gasteiger partial charge on any atom is -0.455 e. The lowest BCUT2D eigenvalue weighted by atomic mass is 9.65. The molecule has 0 N–H and O–H groups in total. The first-order valence-electron chi connectivity index (χ1n) is 18.9. The van der Waals surface area contributed by atoms with Crippen molar-refractivity contribution in [3.63, 3.8) is 0 Å². The number of ether oxygens (including phenoxy) is 1. The van der Waals surface area contributed by atoms with Crippen molar-refractivity contribution in [3.05, 3.63) is 223 Å². The number of pyridine rings is 1. The summed E-state index contributed by atoms with van der Waals surface area (Å²) in [5, 5.41) is 0. The molecule has 1 aliphatic carbocycles. The van der Waals surface area contributed by atoms with Gasteiger partial charge in [-0.2, -0.15) is 0 Å². The fourth-order valence-corrected chi connectivity index (χ4v) is 8.85. The van der Waals surface area contributed by atoms with Crippen molar-refractivity contribution < 1.29 is 4.74 Å². The SMILES string of the molecule is c1ccc(-c2cc(-c3ccccc3)nc(-c3cccc(-c4cccc5c4Oc4c(-c6ccncc6)cccc4C54c5ccccc5-c5ccccc54)c3)n2)cc1. The number of benzene rings is 7. The summed E-state index contributed by atoms with van der Waals surface area (Å²) in [6, 6.07) is 66.2. The summed E-state index contributed by atoms with van der Waals surface area (Å²) in [6.45, 7) is 0. The maximum atomic E-state index is 7.31. The van der Waals surface area contributed by atoms with Crippen molar-refractivity contribution in [1.82, 2.24) is 15.0 Å². The number of para-hydroxylation sites is 2. The second-order valence-electron chi connectivity index (χ2n) is 14.3. The average molecular weight is 716 g/mol. The summed E-state index contributed by atoms with van der Waals surface area (Å²) in [7, 11) is 0. The van der Waals surface area contributed by atoms with Gasteiger partial charge in [-0.1, -0.05) is 164 Å². The molecule has 0 atom stereocenters. The van der Waals surface area contributed by atoms with Crippen molar-refractivity contribution in [2.75, 3.05) is 0 Å². The maximum absolute atomic E-state index is 7.31. The van der Waals surface area contributed by atoms with Gasteiger partial charge in [-0.05, 0) is 57.6 Å². The van der Waals surface area contributed by atoms with Gasteiger partial charge in [0.1, 0.15) is 11.5 Å². The van der Waals surface area contributed by atoms with Crippen LogP contribution in [0.25, 0.3) is 67.3 Å². The molecule has 7 aromatic carbocycles. The van der Waals surface area contributed by atoms with Gasteiger partial charge in [0, 0.05) is 51.3 Å². The molecule has 9 aromatic rings. The molecular weight excluding hydrogens is 683 g/mol. The van der Waals surface area contributed by atoms with Gasteiger partial charge in [0.25, 0.3) is 0 Å². The summed E-state index contributed by atoms with van der Waals surface area (Å²) >= 11 is 0. The van der Waals surface area contributed by atoms with Crippen LogP contribution in [0.5, 0.6) is 11.5 Å². The summed E-state index contributed by atoms with van der Waals surface area (Å²) < 4.78 is 7.31. The Balaban J connectivity index is 1.15. The van der Waals surface area contributed by atoms with E-state index >= 15 is 0 Å². The van der Waals surface area contributed by atoms with E-state index in [0.717, 1.165) is 73.0 Å². The maximum Gasteiger partial charge on any atom is 0.160 e. The molecule has 1 spiro atoms. The zero-order valence-electron chi connectivity index (χ0n) is 30.3. The van der Waals surface area contributed by atoms with Crippen LogP contribution in [0, 0.1) is 0 Å². The second-order valence-corrected chi connectivity index (χ2v) is 14.3. The molecule has 0 saturated heterocycles. The van der Waals surface area contributed by atoms with Crippen molar-refractivity contribution in [2.45, 2.75) is 5.41 Å². The van der Waals surface area contributed by atoms with Gasteiger partial charge in [-0.15, -0.1) is 0 Å². The van der Waals surface area contributed by atoms with Gasteiger partial charge in [-0.25, -0.2) is 9.97 Å². The van der Waals surface area contributed by atoms with Crippen LogP contribution in [-0.4, -0.2) is 15.0 Å². The van der Waals surface area contributed by atoms with Gasteiger partial charge in [0.15, 0.2) is 5.82 Å². The predicted octanol–water partition coefficient (Wildman–Crippen LogP) is 12.7. The summed E-state index contributed by atoms with van der Waals surface area (Å²) in [6.07, 6.45) is 3.69. The Kier molecular flexibility index (Phi) is 7.36. The second kappa shape index (κ2) is 12.9. The van der Waals surface area contributed by atoms with E-state index in [9.17, 15) is 0 Å². The minimum absolute atomic E-state index is 0.607. The first-order chi connectivity index (χ1) is 27.8. The highest BCUT2D eigenvalue weighted by atomic mass is 16.5. The highest BCUT2D eigenvalue weighted by Gasteiger charge is 2.51. The highest BCUT2D eigenvalue weighted by Crippen LogP contribution is 2.64. The monoisotopic (exact) mass is 715 g/mol. The molecule has 1 aliphatic heterocycles. The van der Waals surface area contributed by atoms with Crippen LogP contribution < -0.4 is 4.74 Å². The quantitative estimate of drug-likeness (QED) is 0.178. The Morgan fingerprint density at radius 2 is 0.786 bits per heavy atom. The van der Waals surface area contributed by atoms with Crippen molar-refractivity contribution in [1.29, 1.82) is 0 Å². The fraction of sp³-hybridized carbons (Fsp3) is 0.0192. The predicted molar refractivity (Wildman–Crippen MR) is 224 cm³/mol. The Hall–Kier alpha value is -7.43. The van der Waals surface area contributed by atoms with Gasteiger partial charge in [0.05, 0.1) is 16.8 Å². The van der Waals surface area contributed by atoms with Crippen LogP contribution in [0.4, 0.5) is 0 Å². The van der Waals surface area contributed by atoms with E-state index < -0.39 is 5.41 Å². The number of aromatic nitrogens is 3. The Labute approximate surface area is 325 Å². The molecule has 0 radical (unpaired) electrons.